The first-order chi connectivity index (χ1) is 9.97. The zero-order valence-electron chi connectivity index (χ0n) is 11.2. The molecule has 0 spiro atoms. The van der Waals surface area contributed by atoms with Crippen LogP contribution in [-0.4, -0.2) is 13.4 Å². The second-order valence-electron chi connectivity index (χ2n) is 4.61. The molecular formula is C14H13N3O2S2. The Morgan fingerprint density at radius 2 is 2.05 bits per heavy atom. The van der Waals surface area contributed by atoms with Gasteiger partial charge in [0.2, 0.25) is 0 Å². The second kappa shape index (κ2) is 5.01. The molecule has 0 atom stereocenters. The Morgan fingerprint density at radius 1 is 1.24 bits per heavy atom. The van der Waals surface area contributed by atoms with Gasteiger partial charge >= 0.3 is 0 Å². The van der Waals surface area contributed by atoms with Gasteiger partial charge in [-0.05, 0) is 42.8 Å². The lowest BCUT2D eigenvalue weighted by Crippen LogP contribution is -2.14. The van der Waals surface area contributed by atoms with Gasteiger partial charge in [-0.2, -0.15) is 0 Å². The van der Waals surface area contributed by atoms with E-state index in [4.69, 9.17) is 5.73 Å². The number of anilines is 2. The highest BCUT2D eigenvalue weighted by Crippen LogP contribution is 2.26. The summed E-state index contributed by atoms with van der Waals surface area (Å²) in [5, 5.41) is 0. The van der Waals surface area contributed by atoms with Gasteiger partial charge < -0.3 is 5.73 Å². The van der Waals surface area contributed by atoms with Gasteiger partial charge in [-0.15, -0.1) is 11.3 Å². The van der Waals surface area contributed by atoms with Crippen molar-refractivity contribution in [3.05, 3.63) is 47.5 Å². The summed E-state index contributed by atoms with van der Waals surface area (Å²) >= 11 is 1.46. The number of nitrogens with zero attached hydrogens (tertiary/aromatic N) is 1. The summed E-state index contributed by atoms with van der Waals surface area (Å²) in [4.78, 5) is 4.35. The van der Waals surface area contributed by atoms with Crippen LogP contribution in [-0.2, 0) is 10.0 Å². The summed E-state index contributed by atoms with van der Waals surface area (Å²) < 4.78 is 28.5. The topological polar surface area (TPSA) is 85.1 Å². The maximum absolute atomic E-state index is 12.5. The Balaban J connectivity index is 2.00. The van der Waals surface area contributed by atoms with Crippen LogP contribution in [0, 0.1) is 6.92 Å². The third kappa shape index (κ3) is 2.57. The standard InChI is InChI=1S/C14H13N3O2S2/c1-9-11(15)3-2-4-14(9)21(18,19)17-10-5-6-12-13(7-10)20-8-16-12/h2-8,17H,15H2,1H3. The number of aromatic nitrogens is 1. The van der Waals surface area contributed by atoms with Crippen molar-refractivity contribution in [2.75, 3.05) is 10.5 Å². The number of hydrogen-bond acceptors (Lipinski definition) is 5. The van der Waals surface area contributed by atoms with E-state index in [-0.39, 0.29) is 4.90 Å². The van der Waals surface area contributed by atoms with Crippen molar-refractivity contribution in [1.82, 2.24) is 4.98 Å². The fourth-order valence-corrected chi connectivity index (χ4v) is 4.09. The average molecular weight is 319 g/mol. The van der Waals surface area contributed by atoms with Crippen LogP contribution in [0.1, 0.15) is 5.56 Å². The first kappa shape index (κ1) is 13.8. The van der Waals surface area contributed by atoms with Crippen molar-refractivity contribution in [3.63, 3.8) is 0 Å². The van der Waals surface area contributed by atoms with E-state index in [2.05, 4.69) is 9.71 Å². The molecule has 0 aliphatic heterocycles. The Kier molecular flexibility index (Phi) is 3.30. The van der Waals surface area contributed by atoms with E-state index in [0.29, 0.717) is 16.9 Å². The SMILES string of the molecule is Cc1c(N)cccc1S(=O)(=O)Nc1ccc2ncsc2c1. The van der Waals surface area contributed by atoms with Crippen molar-refractivity contribution < 1.29 is 8.42 Å². The summed E-state index contributed by atoms with van der Waals surface area (Å²) in [5.74, 6) is 0. The van der Waals surface area contributed by atoms with Crippen LogP contribution in [0.4, 0.5) is 11.4 Å². The van der Waals surface area contributed by atoms with Crippen LogP contribution in [0.25, 0.3) is 10.2 Å². The number of nitrogens with two attached hydrogens (primary N) is 1. The number of hydrogen-bond donors (Lipinski definition) is 2. The van der Waals surface area contributed by atoms with Gasteiger partial charge in [0.15, 0.2) is 0 Å². The van der Waals surface area contributed by atoms with Crippen LogP contribution < -0.4 is 10.5 Å². The summed E-state index contributed by atoms with van der Waals surface area (Å²) in [5.41, 5.74) is 9.86. The number of rotatable bonds is 3. The van der Waals surface area contributed by atoms with E-state index in [0.717, 1.165) is 10.2 Å². The molecule has 7 heteroatoms. The molecule has 21 heavy (non-hydrogen) atoms. The van der Waals surface area contributed by atoms with Gasteiger partial charge in [-0.3, -0.25) is 4.72 Å². The Hall–Kier alpha value is -2.12. The van der Waals surface area contributed by atoms with Gasteiger partial charge in [0.25, 0.3) is 10.0 Å². The second-order valence-corrected chi connectivity index (χ2v) is 7.15. The van der Waals surface area contributed by atoms with E-state index in [1.54, 1.807) is 48.8 Å². The predicted octanol–water partition coefficient (Wildman–Crippen LogP) is 2.99. The van der Waals surface area contributed by atoms with Crippen molar-refractivity contribution in [3.8, 4) is 0 Å². The van der Waals surface area contributed by atoms with Crippen molar-refractivity contribution >= 4 is 43.0 Å². The number of thiazole rings is 1. The lowest BCUT2D eigenvalue weighted by Gasteiger charge is -2.11. The Morgan fingerprint density at radius 3 is 2.86 bits per heavy atom. The fourth-order valence-electron chi connectivity index (χ4n) is 2.05. The van der Waals surface area contributed by atoms with Crippen LogP contribution in [0.5, 0.6) is 0 Å². The molecule has 0 bridgehead atoms. The third-order valence-electron chi connectivity index (χ3n) is 3.20. The Labute approximate surface area is 126 Å². The van der Waals surface area contributed by atoms with E-state index in [1.165, 1.54) is 11.3 Å². The molecule has 0 amide bonds. The van der Waals surface area contributed by atoms with E-state index >= 15 is 0 Å². The largest absolute Gasteiger partial charge is 0.398 e. The monoisotopic (exact) mass is 319 g/mol. The van der Waals surface area contributed by atoms with Gasteiger partial charge in [-0.1, -0.05) is 6.07 Å². The molecular weight excluding hydrogens is 306 g/mol. The van der Waals surface area contributed by atoms with Crippen molar-refractivity contribution in [2.45, 2.75) is 11.8 Å². The molecule has 1 heterocycles. The van der Waals surface area contributed by atoms with Gasteiger partial charge in [0, 0.05) is 5.69 Å². The van der Waals surface area contributed by atoms with Gasteiger partial charge in [0.1, 0.15) is 0 Å². The predicted molar refractivity (Wildman–Crippen MR) is 86.0 cm³/mol. The molecule has 1 aromatic heterocycles. The third-order valence-corrected chi connectivity index (χ3v) is 5.52. The number of fused-ring (bicyclic) bond motifs is 1. The molecule has 0 unspecified atom stereocenters. The zero-order valence-corrected chi connectivity index (χ0v) is 12.8. The molecule has 3 aromatic rings. The molecule has 2 aromatic carbocycles. The quantitative estimate of drug-likeness (QED) is 0.727. The number of nitrogens with one attached hydrogen (secondary N) is 1. The van der Waals surface area contributed by atoms with E-state index < -0.39 is 10.0 Å². The molecule has 0 aliphatic rings. The first-order valence-electron chi connectivity index (χ1n) is 6.18. The molecule has 0 fully saturated rings. The maximum atomic E-state index is 12.5. The number of sulfonamides is 1. The van der Waals surface area contributed by atoms with E-state index in [9.17, 15) is 8.42 Å². The normalized spacial score (nSPS) is 11.7. The molecule has 0 radical (unpaired) electrons. The molecule has 3 rings (SSSR count). The summed E-state index contributed by atoms with van der Waals surface area (Å²) in [6.45, 7) is 1.69. The molecule has 108 valence electrons. The average Bonchev–Trinajstić information content (AvgIpc) is 2.88. The van der Waals surface area contributed by atoms with Gasteiger partial charge in [-0.25, -0.2) is 13.4 Å². The highest BCUT2D eigenvalue weighted by Gasteiger charge is 2.18. The molecule has 0 saturated carbocycles. The minimum atomic E-state index is -3.66. The van der Waals surface area contributed by atoms with Crippen LogP contribution >= 0.6 is 11.3 Å². The zero-order chi connectivity index (χ0) is 15.0. The van der Waals surface area contributed by atoms with Crippen LogP contribution in [0.15, 0.2) is 46.8 Å². The molecule has 3 N–H and O–H groups in total. The highest BCUT2D eigenvalue weighted by atomic mass is 32.2. The summed E-state index contributed by atoms with van der Waals surface area (Å²) in [6.07, 6.45) is 0. The number of nitrogen functional groups attached to an aromatic ring is 1. The summed E-state index contributed by atoms with van der Waals surface area (Å²) in [7, 11) is -3.66. The first-order valence-corrected chi connectivity index (χ1v) is 8.55. The molecule has 5 nitrogen and oxygen atoms in total. The number of benzene rings is 2. The van der Waals surface area contributed by atoms with Crippen molar-refractivity contribution in [1.29, 1.82) is 0 Å². The van der Waals surface area contributed by atoms with Crippen LogP contribution in [0.3, 0.4) is 0 Å². The lowest BCUT2D eigenvalue weighted by atomic mass is 10.2. The van der Waals surface area contributed by atoms with Gasteiger partial charge in [0.05, 0.1) is 26.3 Å². The maximum Gasteiger partial charge on any atom is 0.262 e. The Bertz CT molecular complexity index is 917. The summed E-state index contributed by atoms with van der Waals surface area (Å²) in [6, 6.07) is 10.1. The lowest BCUT2D eigenvalue weighted by molar-refractivity contribution is 0.600. The van der Waals surface area contributed by atoms with Crippen molar-refractivity contribution in [2.24, 2.45) is 0 Å². The molecule has 0 saturated heterocycles. The van der Waals surface area contributed by atoms with Crippen LogP contribution in [0.2, 0.25) is 0 Å². The minimum Gasteiger partial charge on any atom is -0.398 e. The smallest absolute Gasteiger partial charge is 0.262 e. The van der Waals surface area contributed by atoms with E-state index in [1.807, 2.05) is 0 Å². The fraction of sp³-hybridized carbons (Fsp3) is 0.0714. The minimum absolute atomic E-state index is 0.187. The molecule has 0 aliphatic carbocycles. The highest BCUT2D eigenvalue weighted by molar-refractivity contribution is 7.92.